The average Bonchev–Trinajstić information content (AvgIpc) is 2.99. The predicted molar refractivity (Wildman–Crippen MR) is 63.1 cm³/mol. The number of rotatable bonds is 2. The van der Waals surface area contributed by atoms with Gasteiger partial charge in [0.25, 0.3) is 5.91 Å². The van der Waals surface area contributed by atoms with Crippen LogP contribution in [-0.2, 0) is 0 Å². The molecule has 0 unspecified atom stereocenters. The summed E-state index contributed by atoms with van der Waals surface area (Å²) in [5.41, 5.74) is 1.12. The van der Waals surface area contributed by atoms with E-state index in [2.05, 4.69) is 5.32 Å². The zero-order chi connectivity index (χ0) is 12.0. The second-order valence-electron chi connectivity index (χ2n) is 4.46. The van der Waals surface area contributed by atoms with Gasteiger partial charge in [-0.25, -0.2) is 0 Å². The first-order valence-corrected chi connectivity index (χ1v) is 5.68. The Labute approximate surface area is 98.2 Å². The Bertz CT molecular complexity index is 596. The number of phenolic OH excluding ortho intramolecular Hbond substituents is 1. The SMILES string of the molecule is Cc1oc2cc(O)ccc2c1C(=O)NC1CC1. The Balaban J connectivity index is 2.07. The van der Waals surface area contributed by atoms with Crippen molar-refractivity contribution in [3.8, 4) is 5.75 Å². The number of hydrogen-bond acceptors (Lipinski definition) is 3. The van der Waals surface area contributed by atoms with Crippen molar-refractivity contribution in [3.63, 3.8) is 0 Å². The second kappa shape index (κ2) is 3.52. The number of amides is 1. The lowest BCUT2D eigenvalue weighted by molar-refractivity contribution is 0.0951. The Hall–Kier alpha value is -1.97. The topological polar surface area (TPSA) is 62.5 Å². The van der Waals surface area contributed by atoms with Crippen LogP contribution in [0.3, 0.4) is 0 Å². The molecule has 1 aliphatic carbocycles. The van der Waals surface area contributed by atoms with Crippen LogP contribution in [0.1, 0.15) is 29.0 Å². The van der Waals surface area contributed by atoms with Crippen molar-refractivity contribution < 1.29 is 14.3 Å². The van der Waals surface area contributed by atoms with Gasteiger partial charge in [-0.1, -0.05) is 0 Å². The first kappa shape index (κ1) is 10.2. The van der Waals surface area contributed by atoms with E-state index in [1.165, 1.54) is 6.07 Å². The standard InChI is InChI=1S/C13H13NO3/c1-7-12(13(16)14-8-2-3-8)10-5-4-9(15)6-11(10)17-7/h4-6,8,15H,2-3H2,1H3,(H,14,16). The molecule has 1 aromatic carbocycles. The summed E-state index contributed by atoms with van der Waals surface area (Å²) in [6.45, 7) is 1.76. The number of aromatic hydroxyl groups is 1. The minimum Gasteiger partial charge on any atom is -0.508 e. The number of furan rings is 1. The Morgan fingerprint density at radius 2 is 2.24 bits per heavy atom. The molecule has 0 bridgehead atoms. The molecular formula is C13H13NO3. The van der Waals surface area contributed by atoms with Crippen molar-refractivity contribution >= 4 is 16.9 Å². The van der Waals surface area contributed by atoms with Crippen molar-refractivity contribution in [1.82, 2.24) is 5.32 Å². The van der Waals surface area contributed by atoms with Crippen LogP contribution in [0.4, 0.5) is 0 Å². The third-order valence-corrected chi connectivity index (χ3v) is 2.99. The number of aryl methyl sites for hydroxylation is 1. The lowest BCUT2D eigenvalue weighted by Gasteiger charge is -2.01. The summed E-state index contributed by atoms with van der Waals surface area (Å²) < 4.78 is 5.48. The van der Waals surface area contributed by atoms with E-state index in [0.29, 0.717) is 22.9 Å². The molecule has 1 amide bonds. The lowest BCUT2D eigenvalue weighted by Crippen LogP contribution is -2.25. The fraction of sp³-hybridized carbons (Fsp3) is 0.308. The number of nitrogens with one attached hydrogen (secondary N) is 1. The molecule has 3 rings (SSSR count). The number of carbonyl (C=O) groups is 1. The molecule has 1 heterocycles. The summed E-state index contributed by atoms with van der Waals surface area (Å²) in [4.78, 5) is 12.0. The van der Waals surface area contributed by atoms with Crippen LogP contribution in [0.2, 0.25) is 0 Å². The summed E-state index contributed by atoms with van der Waals surface area (Å²) in [6, 6.07) is 5.12. The Morgan fingerprint density at radius 3 is 2.94 bits per heavy atom. The van der Waals surface area contributed by atoms with Crippen molar-refractivity contribution in [2.24, 2.45) is 0 Å². The minimum absolute atomic E-state index is 0.0885. The van der Waals surface area contributed by atoms with Gasteiger partial charge in [-0.15, -0.1) is 0 Å². The molecule has 4 nitrogen and oxygen atoms in total. The van der Waals surface area contributed by atoms with Gasteiger partial charge in [-0.05, 0) is 31.9 Å². The molecule has 0 saturated heterocycles. The zero-order valence-electron chi connectivity index (χ0n) is 9.49. The monoisotopic (exact) mass is 231 g/mol. The molecule has 4 heteroatoms. The van der Waals surface area contributed by atoms with E-state index in [-0.39, 0.29) is 11.7 Å². The number of phenols is 1. The first-order chi connectivity index (χ1) is 8.15. The van der Waals surface area contributed by atoms with Crippen LogP contribution in [0.25, 0.3) is 11.0 Å². The molecular weight excluding hydrogens is 218 g/mol. The maximum absolute atomic E-state index is 12.0. The van der Waals surface area contributed by atoms with E-state index in [1.54, 1.807) is 19.1 Å². The molecule has 1 fully saturated rings. The van der Waals surface area contributed by atoms with Gasteiger partial charge in [-0.2, -0.15) is 0 Å². The van der Waals surface area contributed by atoms with Crippen molar-refractivity contribution in [2.45, 2.75) is 25.8 Å². The van der Waals surface area contributed by atoms with E-state index < -0.39 is 0 Å². The van der Waals surface area contributed by atoms with Gasteiger partial charge in [0, 0.05) is 17.5 Å². The highest BCUT2D eigenvalue weighted by Gasteiger charge is 2.26. The van der Waals surface area contributed by atoms with Crippen molar-refractivity contribution in [3.05, 3.63) is 29.5 Å². The van der Waals surface area contributed by atoms with Crippen LogP contribution in [0.5, 0.6) is 5.75 Å². The molecule has 0 aliphatic heterocycles. The van der Waals surface area contributed by atoms with Gasteiger partial charge in [-0.3, -0.25) is 4.79 Å². The Morgan fingerprint density at radius 1 is 1.47 bits per heavy atom. The summed E-state index contributed by atoms with van der Waals surface area (Å²) in [6.07, 6.45) is 2.11. The summed E-state index contributed by atoms with van der Waals surface area (Å²) in [5.74, 6) is 0.638. The zero-order valence-corrected chi connectivity index (χ0v) is 9.49. The summed E-state index contributed by atoms with van der Waals surface area (Å²) >= 11 is 0. The molecule has 1 aromatic heterocycles. The van der Waals surface area contributed by atoms with Gasteiger partial charge in [0.05, 0.1) is 5.56 Å². The third kappa shape index (κ3) is 1.75. The Kier molecular flexibility index (Phi) is 2.11. The largest absolute Gasteiger partial charge is 0.508 e. The number of hydrogen-bond donors (Lipinski definition) is 2. The van der Waals surface area contributed by atoms with Gasteiger partial charge in [0.1, 0.15) is 17.1 Å². The van der Waals surface area contributed by atoms with E-state index >= 15 is 0 Å². The molecule has 2 aromatic rings. The second-order valence-corrected chi connectivity index (χ2v) is 4.46. The van der Waals surface area contributed by atoms with Gasteiger partial charge in [0.2, 0.25) is 0 Å². The van der Waals surface area contributed by atoms with E-state index in [0.717, 1.165) is 18.2 Å². The molecule has 88 valence electrons. The highest BCUT2D eigenvalue weighted by molar-refractivity contribution is 6.07. The van der Waals surface area contributed by atoms with Gasteiger partial charge < -0.3 is 14.8 Å². The minimum atomic E-state index is -0.0885. The van der Waals surface area contributed by atoms with Crippen LogP contribution in [0.15, 0.2) is 22.6 Å². The molecule has 0 atom stereocenters. The number of fused-ring (bicyclic) bond motifs is 1. The van der Waals surface area contributed by atoms with Crippen LogP contribution < -0.4 is 5.32 Å². The lowest BCUT2D eigenvalue weighted by atomic mass is 10.1. The fourth-order valence-electron chi connectivity index (χ4n) is 1.98. The first-order valence-electron chi connectivity index (χ1n) is 5.68. The highest BCUT2D eigenvalue weighted by atomic mass is 16.3. The quantitative estimate of drug-likeness (QED) is 0.833. The molecule has 0 radical (unpaired) electrons. The van der Waals surface area contributed by atoms with Gasteiger partial charge >= 0.3 is 0 Å². The molecule has 1 aliphatic rings. The number of carbonyl (C=O) groups excluding carboxylic acids is 1. The highest BCUT2D eigenvalue weighted by Crippen LogP contribution is 2.29. The van der Waals surface area contributed by atoms with Gasteiger partial charge in [0.15, 0.2) is 0 Å². The smallest absolute Gasteiger partial charge is 0.255 e. The molecule has 2 N–H and O–H groups in total. The van der Waals surface area contributed by atoms with Crippen molar-refractivity contribution in [1.29, 1.82) is 0 Å². The third-order valence-electron chi connectivity index (χ3n) is 2.99. The maximum Gasteiger partial charge on any atom is 0.255 e. The van der Waals surface area contributed by atoms with E-state index in [1.807, 2.05) is 0 Å². The van der Waals surface area contributed by atoms with E-state index in [9.17, 15) is 9.90 Å². The van der Waals surface area contributed by atoms with Crippen LogP contribution >= 0.6 is 0 Å². The molecule has 17 heavy (non-hydrogen) atoms. The summed E-state index contributed by atoms with van der Waals surface area (Å²) in [7, 11) is 0. The number of benzene rings is 1. The predicted octanol–water partition coefficient (Wildman–Crippen LogP) is 2.34. The van der Waals surface area contributed by atoms with Crippen LogP contribution in [0, 0.1) is 6.92 Å². The maximum atomic E-state index is 12.0. The molecule has 1 saturated carbocycles. The molecule has 0 spiro atoms. The fourth-order valence-corrected chi connectivity index (χ4v) is 1.98. The normalized spacial score (nSPS) is 15.1. The average molecular weight is 231 g/mol. The summed E-state index contributed by atoms with van der Waals surface area (Å²) in [5, 5.41) is 13.1. The van der Waals surface area contributed by atoms with Crippen molar-refractivity contribution in [2.75, 3.05) is 0 Å². The van der Waals surface area contributed by atoms with E-state index in [4.69, 9.17) is 4.42 Å². The van der Waals surface area contributed by atoms with Crippen LogP contribution in [-0.4, -0.2) is 17.1 Å².